The molecule has 554 valence electrons. The molecule has 0 aromatic rings. The molecule has 0 heterocycles. The molecule has 0 spiro atoms. The molecule has 0 bridgehead atoms. The number of ether oxygens (including phenoxy) is 4. The maximum absolute atomic E-state index is 13.1. The third-order valence-electron chi connectivity index (χ3n) is 16.8. The van der Waals surface area contributed by atoms with E-state index in [-0.39, 0.29) is 25.7 Å². The van der Waals surface area contributed by atoms with Crippen LogP contribution in [0.25, 0.3) is 0 Å². The van der Waals surface area contributed by atoms with Crippen molar-refractivity contribution in [1.29, 1.82) is 0 Å². The molecule has 2 unspecified atom stereocenters. The van der Waals surface area contributed by atoms with Crippen LogP contribution in [0.1, 0.15) is 357 Å². The van der Waals surface area contributed by atoms with E-state index in [0.717, 1.165) is 121 Å². The molecule has 0 rings (SSSR count). The SMILES string of the molecule is CCCCCC/C=C\C=C/CCCCCCCC(=O)OC[C@H](COP(=O)(O)OC[C@@H](O)COP(=O)(O)OC[C@@H](COC(=O)CCCCCCCCC(C)C)OC(=O)CCCCCCCCC(C)C)OC(=O)CCCCCCCCCCCCCCCCCCCCC(C)C. The Bertz CT molecular complexity index is 1930. The summed E-state index contributed by atoms with van der Waals surface area (Å²) in [6, 6.07) is 0. The summed E-state index contributed by atoms with van der Waals surface area (Å²) >= 11 is 0. The molecule has 0 fully saturated rings. The smallest absolute Gasteiger partial charge is 0.462 e. The van der Waals surface area contributed by atoms with Gasteiger partial charge in [0, 0.05) is 25.7 Å². The van der Waals surface area contributed by atoms with E-state index < -0.39 is 97.5 Å². The molecule has 0 aromatic heterocycles. The Balaban J connectivity index is 5.21. The van der Waals surface area contributed by atoms with Crippen LogP contribution in [-0.2, 0) is 65.4 Å². The Kier molecular flexibility index (Phi) is 63.5. The number of unbranched alkanes of at least 4 members (excludes halogenated alkanes) is 36. The Hall–Kier alpha value is -2.46. The van der Waals surface area contributed by atoms with Gasteiger partial charge in [-0.3, -0.25) is 37.3 Å². The van der Waals surface area contributed by atoms with Crippen molar-refractivity contribution < 1.29 is 80.2 Å². The summed E-state index contributed by atoms with van der Waals surface area (Å²) in [7, 11) is -9.92. The number of allylic oxidation sites excluding steroid dienone is 4. The highest BCUT2D eigenvalue weighted by atomic mass is 31.2. The first kappa shape index (κ1) is 91.5. The lowest BCUT2D eigenvalue weighted by atomic mass is 10.0. The Morgan fingerprint density at radius 1 is 0.330 bits per heavy atom. The number of carbonyl (C=O) groups is 4. The van der Waals surface area contributed by atoms with Crippen LogP contribution in [0, 0.1) is 17.8 Å². The van der Waals surface area contributed by atoms with Crippen molar-refractivity contribution >= 4 is 39.5 Å². The van der Waals surface area contributed by atoms with Crippen LogP contribution in [0.4, 0.5) is 0 Å². The van der Waals surface area contributed by atoms with Crippen molar-refractivity contribution in [3.63, 3.8) is 0 Å². The van der Waals surface area contributed by atoms with Crippen molar-refractivity contribution in [2.75, 3.05) is 39.6 Å². The van der Waals surface area contributed by atoms with Crippen molar-refractivity contribution in [2.24, 2.45) is 17.8 Å². The van der Waals surface area contributed by atoms with Gasteiger partial charge in [-0.15, -0.1) is 0 Å². The van der Waals surface area contributed by atoms with Gasteiger partial charge >= 0.3 is 39.5 Å². The molecule has 0 aliphatic carbocycles. The summed E-state index contributed by atoms with van der Waals surface area (Å²) in [5, 5.41) is 10.6. The fraction of sp³-hybridized carbons (Fsp3) is 0.893. The number of hydrogen-bond donors (Lipinski definition) is 3. The summed E-state index contributed by atoms with van der Waals surface area (Å²) in [5.74, 6) is 0.00619. The number of aliphatic hydroxyl groups is 1. The predicted molar refractivity (Wildman–Crippen MR) is 381 cm³/mol. The summed E-state index contributed by atoms with van der Waals surface area (Å²) in [5.41, 5.74) is 0. The molecule has 0 radical (unpaired) electrons. The zero-order valence-electron chi connectivity index (χ0n) is 60.9. The van der Waals surface area contributed by atoms with Gasteiger partial charge in [0.25, 0.3) is 0 Å². The van der Waals surface area contributed by atoms with E-state index in [1.54, 1.807) is 0 Å². The molecule has 0 saturated heterocycles. The number of esters is 4. The van der Waals surface area contributed by atoms with E-state index in [1.807, 2.05) is 0 Å². The first-order valence-electron chi connectivity index (χ1n) is 38.2. The minimum absolute atomic E-state index is 0.0986. The van der Waals surface area contributed by atoms with Crippen LogP contribution in [0.3, 0.4) is 0 Å². The van der Waals surface area contributed by atoms with Crippen LogP contribution in [-0.4, -0.2) is 96.7 Å². The van der Waals surface area contributed by atoms with Crippen LogP contribution >= 0.6 is 15.6 Å². The zero-order chi connectivity index (χ0) is 69.4. The maximum Gasteiger partial charge on any atom is 0.472 e. The lowest BCUT2D eigenvalue weighted by Crippen LogP contribution is -2.30. The van der Waals surface area contributed by atoms with Crippen LogP contribution in [0.15, 0.2) is 24.3 Å². The van der Waals surface area contributed by atoms with E-state index in [4.69, 9.17) is 37.0 Å². The Labute approximate surface area is 573 Å². The zero-order valence-corrected chi connectivity index (χ0v) is 62.7. The second-order valence-electron chi connectivity index (χ2n) is 27.8. The third-order valence-corrected chi connectivity index (χ3v) is 18.7. The minimum Gasteiger partial charge on any atom is -0.462 e. The fourth-order valence-corrected chi connectivity index (χ4v) is 12.5. The van der Waals surface area contributed by atoms with Gasteiger partial charge in [-0.25, -0.2) is 9.13 Å². The standard InChI is InChI=1S/C75H142O17P2/c1-8-9-10-11-12-13-14-15-20-24-27-30-33-42-49-56-72(77)85-62-70(91-74(79)58-51-44-34-31-28-25-22-19-17-16-18-21-23-26-29-32-39-46-53-66(2)3)64-89-93(81,82)87-60-69(76)61-88-94(83,84)90-65-71(92-75(80)59-52-45-38-36-41-48-55-68(6)7)63-86-73(78)57-50-43-37-35-40-47-54-67(4)5/h13-15,20,66-71,76H,8-12,16-19,21-65H2,1-7H3,(H,81,82)(H,83,84)/b14-13-,20-15-/t69-,70-,71-/m1/s1. The third kappa shape index (κ3) is 68.1. The Morgan fingerprint density at radius 3 is 0.862 bits per heavy atom. The second-order valence-corrected chi connectivity index (χ2v) is 30.7. The topological polar surface area (TPSA) is 237 Å². The fourth-order valence-electron chi connectivity index (χ4n) is 10.9. The number of rotatable bonds is 71. The van der Waals surface area contributed by atoms with Crippen LogP contribution in [0.5, 0.6) is 0 Å². The number of aliphatic hydroxyl groups excluding tert-OH is 1. The van der Waals surface area contributed by atoms with Crippen LogP contribution < -0.4 is 0 Å². The van der Waals surface area contributed by atoms with E-state index >= 15 is 0 Å². The average Bonchev–Trinajstić information content (AvgIpc) is 1.47. The molecule has 0 aliphatic heterocycles. The van der Waals surface area contributed by atoms with Gasteiger partial charge < -0.3 is 33.8 Å². The molecule has 19 heteroatoms. The van der Waals surface area contributed by atoms with Gasteiger partial charge in [0.05, 0.1) is 26.4 Å². The number of carbonyl (C=O) groups excluding carboxylic acids is 4. The summed E-state index contributed by atoms with van der Waals surface area (Å²) in [6.45, 7) is 11.7. The lowest BCUT2D eigenvalue weighted by molar-refractivity contribution is -0.161. The molecule has 0 aromatic carbocycles. The number of phosphoric acid groups is 2. The number of phosphoric ester groups is 2. The molecule has 0 saturated carbocycles. The van der Waals surface area contributed by atoms with E-state index in [2.05, 4.69) is 72.8 Å². The quantitative estimate of drug-likeness (QED) is 0.0169. The molecule has 0 amide bonds. The largest absolute Gasteiger partial charge is 0.472 e. The highest BCUT2D eigenvalue weighted by molar-refractivity contribution is 7.47. The molecule has 5 atom stereocenters. The molecule has 3 N–H and O–H groups in total. The van der Waals surface area contributed by atoms with Gasteiger partial charge in [-0.2, -0.15) is 0 Å². The Morgan fingerprint density at radius 2 is 0.574 bits per heavy atom. The van der Waals surface area contributed by atoms with Gasteiger partial charge in [-0.05, 0) is 69.1 Å². The van der Waals surface area contributed by atoms with Crippen molar-refractivity contribution in [2.45, 2.75) is 375 Å². The first-order valence-corrected chi connectivity index (χ1v) is 41.2. The van der Waals surface area contributed by atoms with Gasteiger partial charge in [0.15, 0.2) is 12.2 Å². The second kappa shape index (κ2) is 65.2. The normalized spacial score (nSPS) is 14.3. The van der Waals surface area contributed by atoms with E-state index in [1.165, 1.54) is 141 Å². The molecule has 0 aliphatic rings. The highest BCUT2D eigenvalue weighted by Crippen LogP contribution is 2.45. The maximum atomic E-state index is 13.1. The monoisotopic (exact) mass is 1380 g/mol. The molecular weight excluding hydrogens is 1230 g/mol. The predicted octanol–water partition coefficient (Wildman–Crippen LogP) is 21.3. The van der Waals surface area contributed by atoms with Crippen molar-refractivity contribution in [3.8, 4) is 0 Å². The average molecular weight is 1380 g/mol. The van der Waals surface area contributed by atoms with Gasteiger partial charge in [0.2, 0.25) is 0 Å². The summed E-state index contributed by atoms with van der Waals surface area (Å²) < 4.78 is 68.3. The summed E-state index contributed by atoms with van der Waals surface area (Å²) in [4.78, 5) is 72.6. The summed E-state index contributed by atoms with van der Waals surface area (Å²) in [6.07, 6.45) is 54.1. The van der Waals surface area contributed by atoms with Gasteiger partial charge in [-0.1, -0.05) is 304 Å². The van der Waals surface area contributed by atoms with Crippen molar-refractivity contribution in [3.05, 3.63) is 24.3 Å². The molecule has 94 heavy (non-hydrogen) atoms. The van der Waals surface area contributed by atoms with E-state index in [0.29, 0.717) is 37.5 Å². The lowest BCUT2D eigenvalue weighted by Gasteiger charge is -2.21. The number of hydrogen-bond acceptors (Lipinski definition) is 15. The molecule has 17 nitrogen and oxygen atoms in total. The first-order chi connectivity index (χ1) is 45.2. The van der Waals surface area contributed by atoms with Gasteiger partial charge in [0.1, 0.15) is 19.3 Å². The molecular formula is C75H142O17P2. The van der Waals surface area contributed by atoms with Crippen molar-refractivity contribution in [1.82, 2.24) is 0 Å². The highest BCUT2D eigenvalue weighted by Gasteiger charge is 2.30. The van der Waals surface area contributed by atoms with E-state index in [9.17, 15) is 43.2 Å². The van der Waals surface area contributed by atoms with Crippen LogP contribution in [0.2, 0.25) is 0 Å². The minimum atomic E-state index is -4.96.